The van der Waals surface area contributed by atoms with E-state index in [1.165, 1.54) is 73.2 Å². The van der Waals surface area contributed by atoms with E-state index in [1.54, 1.807) is 0 Å². The number of hydrogen-bond donors (Lipinski definition) is 3. The largest absolute Gasteiger partial charge is 0.506 e. The first kappa shape index (κ1) is 34.5. The minimum absolute atomic E-state index is 0.0145. The molecule has 0 saturated carbocycles. The number of unbranched alkanes of at least 4 members (excludes halogenated alkanes) is 9. The lowest BCUT2D eigenvalue weighted by molar-refractivity contribution is -0.119. The van der Waals surface area contributed by atoms with Crippen molar-refractivity contribution in [3.63, 3.8) is 0 Å². The van der Waals surface area contributed by atoms with Gasteiger partial charge in [0.15, 0.2) is 0 Å². The molecule has 12 heteroatoms. The second-order valence-electron chi connectivity index (χ2n) is 10.7. The van der Waals surface area contributed by atoms with Crippen molar-refractivity contribution >= 4 is 68.0 Å². The Morgan fingerprint density at radius 2 is 1.45 bits per heavy atom. The van der Waals surface area contributed by atoms with Gasteiger partial charge in [-0.3, -0.25) is 9.59 Å². The molecule has 0 bridgehead atoms. The summed E-state index contributed by atoms with van der Waals surface area (Å²) >= 11 is 18.3. The maximum absolute atomic E-state index is 13.1. The number of carbonyl (C=O) groups is 2. The van der Waals surface area contributed by atoms with Gasteiger partial charge in [-0.1, -0.05) is 99.5 Å². The number of amides is 2. The van der Waals surface area contributed by atoms with Crippen molar-refractivity contribution in [1.29, 1.82) is 0 Å². The van der Waals surface area contributed by atoms with Crippen LogP contribution in [0.4, 0.5) is 11.4 Å². The number of sulfonamides is 1. The molecular formula is C30H40Cl3N3O5S. The molecule has 1 unspecified atom stereocenters. The number of rotatable bonds is 16. The number of aromatic hydroxyl groups is 1. The number of benzene rings is 2. The van der Waals surface area contributed by atoms with Crippen molar-refractivity contribution in [3.8, 4) is 5.75 Å². The van der Waals surface area contributed by atoms with Crippen LogP contribution in [0, 0.1) is 0 Å². The number of hydrogen-bond acceptors (Lipinski definition) is 5. The SMILES string of the molecule is CCCCCCCCCCCCS(=O)(=O)N1CCCC1C(=O)Nc1cc(O)c(NC(=O)c2cc(Cl)cc(Cl)c2)cc1Cl. The van der Waals surface area contributed by atoms with E-state index in [1.807, 2.05) is 0 Å². The summed E-state index contributed by atoms with van der Waals surface area (Å²) in [6.45, 7) is 2.49. The summed E-state index contributed by atoms with van der Waals surface area (Å²) in [5, 5.41) is 16.3. The van der Waals surface area contributed by atoms with Crippen LogP contribution in [-0.2, 0) is 14.8 Å². The van der Waals surface area contributed by atoms with Crippen molar-refractivity contribution in [3.05, 3.63) is 51.0 Å². The fraction of sp³-hybridized carbons (Fsp3) is 0.533. The van der Waals surface area contributed by atoms with Crippen molar-refractivity contribution in [2.24, 2.45) is 0 Å². The van der Waals surface area contributed by atoms with Gasteiger partial charge in [0.1, 0.15) is 11.8 Å². The van der Waals surface area contributed by atoms with Crippen LogP contribution in [0.2, 0.25) is 15.1 Å². The first-order valence-electron chi connectivity index (χ1n) is 14.6. The monoisotopic (exact) mass is 659 g/mol. The van der Waals surface area contributed by atoms with Gasteiger partial charge in [0.05, 0.1) is 22.2 Å². The minimum atomic E-state index is -3.60. The molecule has 3 rings (SSSR count). The molecule has 42 heavy (non-hydrogen) atoms. The topological polar surface area (TPSA) is 116 Å². The fourth-order valence-corrected chi connectivity index (χ4v) is 7.61. The Hall–Kier alpha value is -2.04. The standard InChI is InChI=1S/C30H40Cl3N3O5S/c1-2-3-4-5-6-7-8-9-10-11-15-42(40,41)36-14-12-13-27(36)30(39)34-25-20-28(37)26(19-24(25)33)35-29(38)21-16-22(31)18-23(32)17-21/h16-20,27,37H,2-15H2,1H3,(H,34,39)(H,35,38). The smallest absolute Gasteiger partial charge is 0.255 e. The number of phenolic OH excluding ortho intramolecular Hbond substituents is 1. The molecule has 0 aliphatic carbocycles. The normalized spacial score (nSPS) is 15.6. The van der Waals surface area contributed by atoms with Gasteiger partial charge in [-0.2, -0.15) is 4.31 Å². The fourth-order valence-electron chi connectivity index (χ4n) is 5.08. The second kappa shape index (κ2) is 16.7. The molecule has 2 aromatic carbocycles. The van der Waals surface area contributed by atoms with Gasteiger partial charge in [0.2, 0.25) is 15.9 Å². The van der Waals surface area contributed by atoms with Crippen molar-refractivity contribution in [2.75, 3.05) is 22.9 Å². The molecule has 3 N–H and O–H groups in total. The molecule has 0 radical (unpaired) electrons. The molecule has 232 valence electrons. The lowest BCUT2D eigenvalue weighted by atomic mass is 10.1. The highest BCUT2D eigenvalue weighted by atomic mass is 35.5. The summed E-state index contributed by atoms with van der Waals surface area (Å²) < 4.78 is 27.5. The Bertz CT molecular complexity index is 1320. The maximum atomic E-state index is 13.1. The van der Waals surface area contributed by atoms with Crippen molar-refractivity contribution in [2.45, 2.75) is 90.0 Å². The Morgan fingerprint density at radius 3 is 2.07 bits per heavy atom. The molecule has 1 saturated heterocycles. The lowest BCUT2D eigenvalue weighted by Crippen LogP contribution is -2.44. The van der Waals surface area contributed by atoms with E-state index < -0.39 is 27.9 Å². The number of halogens is 3. The maximum Gasteiger partial charge on any atom is 0.255 e. The van der Waals surface area contributed by atoms with Crippen LogP contribution < -0.4 is 10.6 Å². The highest BCUT2D eigenvalue weighted by Crippen LogP contribution is 2.35. The predicted octanol–water partition coefficient (Wildman–Crippen LogP) is 8.26. The van der Waals surface area contributed by atoms with E-state index in [-0.39, 0.29) is 50.1 Å². The molecule has 0 aromatic heterocycles. The zero-order chi connectivity index (χ0) is 30.7. The number of phenols is 1. The molecule has 8 nitrogen and oxygen atoms in total. The summed E-state index contributed by atoms with van der Waals surface area (Å²) in [5.74, 6) is -1.42. The number of nitrogens with one attached hydrogen (secondary N) is 2. The molecule has 1 fully saturated rings. The average Bonchev–Trinajstić information content (AvgIpc) is 3.43. The van der Waals surface area contributed by atoms with Crippen LogP contribution >= 0.6 is 34.8 Å². The zero-order valence-corrected chi connectivity index (χ0v) is 27.0. The lowest BCUT2D eigenvalue weighted by Gasteiger charge is -2.23. The molecule has 2 aromatic rings. The summed E-state index contributed by atoms with van der Waals surface area (Å²) in [6, 6.07) is 5.98. The van der Waals surface area contributed by atoms with Crippen LogP contribution in [0.5, 0.6) is 5.75 Å². The van der Waals surface area contributed by atoms with Gasteiger partial charge in [0, 0.05) is 28.2 Å². The van der Waals surface area contributed by atoms with Crippen molar-refractivity contribution in [1.82, 2.24) is 4.31 Å². The van der Waals surface area contributed by atoms with Crippen LogP contribution in [0.25, 0.3) is 0 Å². The van der Waals surface area contributed by atoms with Gasteiger partial charge in [0.25, 0.3) is 5.91 Å². The molecule has 2 amide bonds. The highest BCUT2D eigenvalue weighted by Gasteiger charge is 2.38. The Morgan fingerprint density at radius 1 is 0.857 bits per heavy atom. The molecule has 1 aliphatic heterocycles. The molecule has 1 aliphatic rings. The summed E-state index contributed by atoms with van der Waals surface area (Å²) in [6.07, 6.45) is 12.0. The number of carbonyl (C=O) groups excluding carboxylic acids is 2. The third-order valence-electron chi connectivity index (χ3n) is 7.34. The Balaban J connectivity index is 1.53. The average molecular weight is 661 g/mol. The summed E-state index contributed by atoms with van der Waals surface area (Å²) in [5.41, 5.74) is 0.295. The molecular weight excluding hydrogens is 621 g/mol. The van der Waals surface area contributed by atoms with E-state index in [4.69, 9.17) is 34.8 Å². The van der Waals surface area contributed by atoms with E-state index >= 15 is 0 Å². The quantitative estimate of drug-likeness (QED) is 0.124. The first-order chi connectivity index (χ1) is 20.0. The number of nitrogens with zero attached hydrogens (tertiary/aromatic N) is 1. The highest BCUT2D eigenvalue weighted by molar-refractivity contribution is 7.89. The van der Waals surface area contributed by atoms with Gasteiger partial charge in [-0.25, -0.2) is 8.42 Å². The Kier molecular flexibility index (Phi) is 13.7. The number of anilines is 2. The van der Waals surface area contributed by atoms with E-state index in [9.17, 15) is 23.1 Å². The summed E-state index contributed by atoms with van der Waals surface area (Å²) in [4.78, 5) is 25.8. The van der Waals surface area contributed by atoms with Gasteiger partial charge < -0.3 is 15.7 Å². The Labute approximate surface area is 264 Å². The van der Waals surface area contributed by atoms with Crippen LogP contribution in [0.1, 0.15) is 94.3 Å². The van der Waals surface area contributed by atoms with Crippen LogP contribution in [0.15, 0.2) is 30.3 Å². The zero-order valence-electron chi connectivity index (χ0n) is 23.9. The molecule has 1 heterocycles. The van der Waals surface area contributed by atoms with Gasteiger partial charge in [-0.05, 0) is 43.5 Å². The summed E-state index contributed by atoms with van der Waals surface area (Å²) in [7, 11) is -3.60. The van der Waals surface area contributed by atoms with E-state index in [0.29, 0.717) is 19.3 Å². The second-order valence-corrected chi connectivity index (χ2v) is 14.0. The van der Waals surface area contributed by atoms with E-state index in [0.717, 1.165) is 19.3 Å². The third-order valence-corrected chi connectivity index (χ3v) is 10.0. The van der Waals surface area contributed by atoms with E-state index in [2.05, 4.69) is 17.6 Å². The molecule has 1 atom stereocenters. The van der Waals surface area contributed by atoms with Gasteiger partial charge in [-0.15, -0.1) is 0 Å². The van der Waals surface area contributed by atoms with Crippen LogP contribution in [0.3, 0.4) is 0 Å². The first-order valence-corrected chi connectivity index (χ1v) is 17.4. The predicted molar refractivity (Wildman–Crippen MR) is 172 cm³/mol. The minimum Gasteiger partial charge on any atom is -0.506 e. The third kappa shape index (κ3) is 10.3. The van der Waals surface area contributed by atoms with Crippen molar-refractivity contribution < 1.29 is 23.1 Å². The van der Waals surface area contributed by atoms with Gasteiger partial charge >= 0.3 is 0 Å². The van der Waals surface area contributed by atoms with Crippen LogP contribution in [-0.4, -0.2) is 48.0 Å². The molecule has 0 spiro atoms.